The maximum absolute atomic E-state index is 12.9. The number of thioether (sulfide) groups is 1. The van der Waals surface area contributed by atoms with Crippen molar-refractivity contribution in [1.82, 2.24) is 0 Å². The van der Waals surface area contributed by atoms with Crippen LogP contribution >= 0.6 is 11.8 Å². The van der Waals surface area contributed by atoms with Crippen LogP contribution in [0.2, 0.25) is 0 Å². The molecule has 142 valence electrons. The van der Waals surface area contributed by atoms with Gasteiger partial charge in [-0.05, 0) is 17.7 Å². The third-order valence-electron chi connectivity index (χ3n) is 3.98. The molecule has 3 aromatic rings. The molecule has 0 bridgehead atoms. The van der Waals surface area contributed by atoms with Crippen LogP contribution in [0.3, 0.4) is 0 Å². The van der Waals surface area contributed by atoms with E-state index in [-0.39, 0.29) is 22.9 Å². The second kappa shape index (κ2) is 9.05. The molecule has 6 nitrogen and oxygen atoms in total. The van der Waals surface area contributed by atoms with Gasteiger partial charge in [-0.3, -0.25) is 14.9 Å². The van der Waals surface area contributed by atoms with Gasteiger partial charge in [-0.15, -0.1) is 11.8 Å². The number of nitro benzene ring substituents is 1. The van der Waals surface area contributed by atoms with Crippen LogP contribution in [-0.4, -0.2) is 17.9 Å². The van der Waals surface area contributed by atoms with E-state index in [0.29, 0.717) is 16.3 Å². The minimum absolute atomic E-state index is 0.122. The fourth-order valence-corrected chi connectivity index (χ4v) is 3.69. The Morgan fingerprint density at radius 1 is 1.07 bits per heavy atom. The number of ether oxygens (including phenoxy) is 1. The summed E-state index contributed by atoms with van der Waals surface area (Å²) in [4.78, 5) is 24.2. The summed E-state index contributed by atoms with van der Waals surface area (Å²) in [5.41, 5.74) is 1.83. The van der Waals surface area contributed by atoms with Crippen molar-refractivity contribution >= 4 is 29.0 Å². The van der Waals surface area contributed by atoms with Crippen molar-refractivity contribution in [2.45, 2.75) is 10.6 Å². The Hall–Kier alpha value is -3.32. The molecule has 0 unspecified atom stereocenters. The van der Waals surface area contributed by atoms with Gasteiger partial charge in [-0.25, -0.2) is 0 Å². The molecular formula is C21H18N2O4S. The predicted molar refractivity (Wildman–Crippen MR) is 110 cm³/mol. The summed E-state index contributed by atoms with van der Waals surface area (Å²) in [7, 11) is 1.39. The monoisotopic (exact) mass is 394 g/mol. The van der Waals surface area contributed by atoms with Crippen LogP contribution in [0.25, 0.3) is 0 Å². The van der Waals surface area contributed by atoms with E-state index >= 15 is 0 Å². The first-order valence-electron chi connectivity index (χ1n) is 8.48. The Morgan fingerprint density at radius 3 is 2.32 bits per heavy atom. The van der Waals surface area contributed by atoms with E-state index < -0.39 is 4.92 Å². The summed E-state index contributed by atoms with van der Waals surface area (Å²) in [5.74, 6) is 0.350. The van der Waals surface area contributed by atoms with E-state index in [9.17, 15) is 14.9 Å². The quantitative estimate of drug-likeness (QED) is 0.340. The summed E-state index contributed by atoms with van der Waals surface area (Å²) in [6.07, 6.45) is 0. The summed E-state index contributed by atoms with van der Waals surface area (Å²) < 4.78 is 5.31. The standard InChI is InChI=1S/C21H18N2O4S/c1-27-18-12-17(23(25)26)13-19(28-14-15-8-4-2-5-9-15)20(18)21(24)22-16-10-6-3-7-11-16/h2-13H,14H2,1H3,(H,22,24). The number of carbonyl (C=O) groups is 1. The summed E-state index contributed by atoms with van der Waals surface area (Å²) in [6.45, 7) is 0. The number of carbonyl (C=O) groups excluding carboxylic acids is 1. The molecule has 0 radical (unpaired) electrons. The second-order valence-electron chi connectivity index (χ2n) is 5.87. The lowest BCUT2D eigenvalue weighted by Gasteiger charge is -2.14. The van der Waals surface area contributed by atoms with Crippen LogP contribution in [0.15, 0.2) is 77.7 Å². The van der Waals surface area contributed by atoms with Crippen LogP contribution in [0.4, 0.5) is 11.4 Å². The number of nitrogens with one attached hydrogen (secondary N) is 1. The van der Waals surface area contributed by atoms with Crippen LogP contribution in [-0.2, 0) is 5.75 Å². The zero-order valence-electron chi connectivity index (χ0n) is 15.1. The Bertz CT molecular complexity index is 978. The Labute approximate surface area is 166 Å². The molecule has 1 N–H and O–H groups in total. The minimum Gasteiger partial charge on any atom is -0.496 e. The number of methoxy groups -OCH3 is 1. The number of rotatable bonds is 7. The maximum Gasteiger partial charge on any atom is 0.274 e. The zero-order valence-corrected chi connectivity index (χ0v) is 15.9. The highest BCUT2D eigenvalue weighted by Gasteiger charge is 2.23. The Balaban J connectivity index is 1.97. The molecule has 0 aromatic heterocycles. The van der Waals surface area contributed by atoms with Gasteiger partial charge in [0.15, 0.2) is 0 Å². The molecule has 0 atom stereocenters. The van der Waals surface area contributed by atoms with Gasteiger partial charge in [0, 0.05) is 22.4 Å². The largest absolute Gasteiger partial charge is 0.496 e. The van der Waals surface area contributed by atoms with Gasteiger partial charge >= 0.3 is 0 Å². The summed E-state index contributed by atoms with van der Waals surface area (Å²) >= 11 is 1.35. The van der Waals surface area contributed by atoms with Gasteiger partial charge in [0.05, 0.1) is 23.7 Å². The lowest BCUT2D eigenvalue weighted by Crippen LogP contribution is -2.15. The van der Waals surface area contributed by atoms with Gasteiger partial charge < -0.3 is 10.1 Å². The van der Waals surface area contributed by atoms with Crippen molar-refractivity contribution in [3.63, 3.8) is 0 Å². The highest BCUT2D eigenvalue weighted by atomic mass is 32.2. The molecule has 0 aliphatic heterocycles. The number of amides is 1. The molecular weight excluding hydrogens is 376 g/mol. The number of hydrogen-bond acceptors (Lipinski definition) is 5. The molecule has 3 rings (SSSR count). The second-order valence-corrected chi connectivity index (χ2v) is 6.89. The van der Waals surface area contributed by atoms with Crippen LogP contribution in [0.5, 0.6) is 5.75 Å². The van der Waals surface area contributed by atoms with Crippen LogP contribution in [0, 0.1) is 10.1 Å². The molecule has 0 heterocycles. The van der Waals surface area contributed by atoms with E-state index in [0.717, 1.165) is 5.56 Å². The predicted octanol–water partition coefficient (Wildman–Crippen LogP) is 5.15. The molecule has 7 heteroatoms. The normalized spacial score (nSPS) is 10.3. The Kier molecular flexibility index (Phi) is 6.29. The number of nitrogens with zero attached hydrogens (tertiary/aromatic N) is 1. The highest BCUT2D eigenvalue weighted by molar-refractivity contribution is 7.98. The van der Waals surface area contributed by atoms with Crippen LogP contribution in [0.1, 0.15) is 15.9 Å². The van der Waals surface area contributed by atoms with Crippen molar-refractivity contribution in [3.05, 3.63) is 94.0 Å². The molecule has 3 aromatic carbocycles. The SMILES string of the molecule is COc1cc([N+](=O)[O-])cc(SCc2ccccc2)c1C(=O)Nc1ccccc1. The van der Waals surface area contributed by atoms with Gasteiger partial charge in [0.25, 0.3) is 11.6 Å². The first kappa shape index (κ1) is 19.4. The minimum atomic E-state index is -0.492. The number of hydrogen-bond donors (Lipinski definition) is 1. The maximum atomic E-state index is 12.9. The van der Waals surface area contributed by atoms with E-state index in [2.05, 4.69) is 5.32 Å². The lowest BCUT2D eigenvalue weighted by molar-refractivity contribution is -0.385. The van der Waals surface area contributed by atoms with Gasteiger partial charge in [0.1, 0.15) is 5.75 Å². The first-order chi connectivity index (χ1) is 13.6. The third kappa shape index (κ3) is 4.69. The van der Waals surface area contributed by atoms with Crippen molar-refractivity contribution < 1.29 is 14.5 Å². The topological polar surface area (TPSA) is 81.5 Å². The van der Waals surface area contributed by atoms with Crippen molar-refractivity contribution in [1.29, 1.82) is 0 Å². The molecule has 0 aliphatic rings. The smallest absolute Gasteiger partial charge is 0.274 e. The van der Waals surface area contributed by atoms with Crippen molar-refractivity contribution in [2.75, 3.05) is 12.4 Å². The molecule has 1 amide bonds. The molecule has 0 aliphatic carbocycles. The van der Waals surface area contributed by atoms with Gasteiger partial charge in [-0.2, -0.15) is 0 Å². The summed E-state index contributed by atoms with van der Waals surface area (Å²) in [5, 5.41) is 14.1. The Morgan fingerprint density at radius 2 is 1.71 bits per heavy atom. The number of nitro groups is 1. The van der Waals surface area contributed by atoms with E-state index in [1.165, 1.54) is 31.0 Å². The van der Waals surface area contributed by atoms with Gasteiger partial charge in [0.2, 0.25) is 0 Å². The molecule has 28 heavy (non-hydrogen) atoms. The third-order valence-corrected chi connectivity index (χ3v) is 5.09. The van der Waals surface area contributed by atoms with Crippen LogP contribution < -0.4 is 10.1 Å². The number of para-hydroxylation sites is 1. The molecule has 0 fully saturated rings. The number of benzene rings is 3. The fraction of sp³-hybridized carbons (Fsp3) is 0.0952. The zero-order chi connectivity index (χ0) is 19.9. The fourth-order valence-electron chi connectivity index (χ4n) is 2.63. The molecule has 0 saturated heterocycles. The first-order valence-corrected chi connectivity index (χ1v) is 9.46. The number of anilines is 1. The van der Waals surface area contributed by atoms with Crippen molar-refractivity contribution in [2.24, 2.45) is 0 Å². The average Bonchev–Trinajstić information content (AvgIpc) is 2.72. The van der Waals surface area contributed by atoms with Crippen molar-refractivity contribution in [3.8, 4) is 5.75 Å². The van der Waals surface area contributed by atoms with Gasteiger partial charge in [-0.1, -0.05) is 48.5 Å². The van der Waals surface area contributed by atoms with E-state index in [1.54, 1.807) is 12.1 Å². The summed E-state index contributed by atoms with van der Waals surface area (Å²) in [6, 6.07) is 21.4. The van der Waals surface area contributed by atoms with E-state index in [1.807, 2.05) is 48.5 Å². The average molecular weight is 394 g/mol. The lowest BCUT2D eigenvalue weighted by atomic mass is 10.1. The molecule has 0 saturated carbocycles. The molecule has 0 spiro atoms. The number of non-ortho nitro benzene ring substituents is 1. The van der Waals surface area contributed by atoms with E-state index in [4.69, 9.17) is 4.74 Å². The highest BCUT2D eigenvalue weighted by Crippen LogP contribution is 2.36.